The van der Waals surface area contributed by atoms with Crippen molar-refractivity contribution in [2.45, 2.75) is 31.9 Å². The second kappa shape index (κ2) is 13.7. The number of carbonyl (C=O) groups excluding carboxylic acids is 1. The molecular weight excluding hydrogens is 448 g/mol. The molecule has 0 bridgehead atoms. The minimum Gasteiger partial charge on any atom is -0.480 e. The van der Waals surface area contributed by atoms with Crippen LogP contribution in [-0.2, 0) is 29.0 Å². The Morgan fingerprint density at radius 1 is 1.23 bits per heavy atom. The molecular formula is C25H32N6O4. The molecule has 2 heterocycles. The van der Waals surface area contributed by atoms with Gasteiger partial charge in [-0.25, -0.2) is 14.6 Å². The predicted octanol–water partition coefficient (Wildman–Crippen LogP) is 2.07. The first-order valence-electron chi connectivity index (χ1n) is 11.6. The molecule has 186 valence electrons. The lowest BCUT2D eigenvalue weighted by atomic mass is 10.1. The van der Waals surface area contributed by atoms with Crippen molar-refractivity contribution in [2.24, 2.45) is 0 Å². The van der Waals surface area contributed by atoms with E-state index in [2.05, 4.69) is 32.3 Å². The standard InChI is InChI=1S/C25H32N6O4/c26-13-19(14-27-12-10-21-9-8-20-7-4-11-29-23(20)30-21)15-28-16-22(24(32)33)31-25(34)35-17-18-5-2-1-3-6-18/h1-3,5-6,8-9,13-14,22,26-28H,4,7,10-12,15-17H2,(H,29,30)(H,31,34)(H,32,33)/b19-14+,26-13?/t22-/m0/s1. The lowest BCUT2D eigenvalue weighted by Gasteiger charge is -2.17. The molecule has 10 heteroatoms. The Bertz CT molecular complexity index is 1030. The normalized spacial score (nSPS) is 13.7. The molecule has 1 aliphatic heterocycles. The van der Waals surface area contributed by atoms with Crippen LogP contribution in [0.15, 0.2) is 54.2 Å². The molecule has 0 saturated heterocycles. The highest BCUT2D eigenvalue weighted by Crippen LogP contribution is 2.19. The van der Waals surface area contributed by atoms with Gasteiger partial charge in [-0.3, -0.25) is 0 Å². The quantitative estimate of drug-likeness (QED) is 0.189. The molecule has 1 aromatic heterocycles. The summed E-state index contributed by atoms with van der Waals surface area (Å²) in [5.41, 5.74) is 3.69. The highest BCUT2D eigenvalue weighted by Gasteiger charge is 2.20. The lowest BCUT2D eigenvalue weighted by Crippen LogP contribution is -2.47. The van der Waals surface area contributed by atoms with E-state index in [-0.39, 0.29) is 19.7 Å². The fraction of sp³-hybridized carbons (Fsp3) is 0.360. The number of aliphatic carboxylic acids is 1. The highest BCUT2D eigenvalue weighted by molar-refractivity contribution is 5.80. The first-order chi connectivity index (χ1) is 17.0. The fourth-order valence-electron chi connectivity index (χ4n) is 3.52. The molecule has 10 nitrogen and oxygen atoms in total. The Morgan fingerprint density at radius 3 is 2.83 bits per heavy atom. The summed E-state index contributed by atoms with van der Waals surface area (Å²) in [4.78, 5) is 28.1. The van der Waals surface area contributed by atoms with E-state index in [0.29, 0.717) is 12.1 Å². The number of carboxylic acids is 1. The van der Waals surface area contributed by atoms with Gasteiger partial charge in [-0.2, -0.15) is 0 Å². The minimum absolute atomic E-state index is 0.0208. The van der Waals surface area contributed by atoms with Crippen molar-refractivity contribution in [1.82, 2.24) is 20.9 Å². The number of hydrogen-bond acceptors (Lipinski definition) is 8. The Hall–Kier alpha value is -3.92. The van der Waals surface area contributed by atoms with Crippen LogP contribution in [0.25, 0.3) is 0 Å². The van der Waals surface area contributed by atoms with Gasteiger partial charge in [-0.15, -0.1) is 0 Å². The van der Waals surface area contributed by atoms with Crippen molar-refractivity contribution < 1.29 is 19.4 Å². The molecule has 3 rings (SSSR count). The molecule has 0 spiro atoms. The van der Waals surface area contributed by atoms with Crippen molar-refractivity contribution in [3.05, 3.63) is 71.1 Å². The number of carbonyl (C=O) groups is 2. The predicted molar refractivity (Wildman–Crippen MR) is 134 cm³/mol. The zero-order valence-corrected chi connectivity index (χ0v) is 19.5. The summed E-state index contributed by atoms with van der Waals surface area (Å²) in [5, 5.41) is 28.8. The van der Waals surface area contributed by atoms with Crippen molar-refractivity contribution in [2.75, 3.05) is 31.5 Å². The Kier molecular flexibility index (Phi) is 10.1. The molecule has 0 unspecified atom stereocenters. The van der Waals surface area contributed by atoms with E-state index in [1.165, 1.54) is 11.8 Å². The van der Waals surface area contributed by atoms with Gasteiger partial charge >= 0.3 is 12.1 Å². The molecule has 1 atom stereocenters. The number of anilines is 1. The number of pyridine rings is 1. The van der Waals surface area contributed by atoms with Gasteiger partial charge in [-0.1, -0.05) is 36.4 Å². The summed E-state index contributed by atoms with van der Waals surface area (Å²) in [6, 6.07) is 12.1. The summed E-state index contributed by atoms with van der Waals surface area (Å²) in [5.74, 6) is -0.209. The Balaban J connectivity index is 1.37. The zero-order valence-electron chi connectivity index (χ0n) is 19.5. The molecule has 1 aliphatic rings. The van der Waals surface area contributed by atoms with Gasteiger partial charge in [0.2, 0.25) is 0 Å². The van der Waals surface area contributed by atoms with Crippen molar-refractivity contribution >= 4 is 24.1 Å². The summed E-state index contributed by atoms with van der Waals surface area (Å²) < 4.78 is 5.08. The summed E-state index contributed by atoms with van der Waals surface area (Å²) >= 11 is 0. The van der Waals surface area contributed by atoms with Crippen LogP contribution < -0.4 is 21.3 Å². The molecule has 0 aliphatic carbocycles. The maximum absolute atomic E-state index is 12.0. The van der Waals surface area contributed by atoms with Gasteiger partial charge in [-0.05, 0) is 35.6 Å². The molecule has 0 fully saturated rings. The average molecular weight is 481 g/mol. The molecule has 0 radical (unpaired) electrons. The van der Waals surface area contributed by atoms with E-state index < -0.39 is 18.1 Å². The number of alkyl carbamates (subject to hydrolysis) is 1. The fourth-order valence-corrected chi connectivity index (χ4v) is 3.52. The Labute approximate surface area is 204 Å². The number of rotatable bonds is 13. The second-order valence-corrected chi connectivity index (χ2v) is 8.14. The van der Waals surface area contributed by atoms with Crippen LogP contribution in [0.2, 0.25) is 0 Å². The number of amides is 1. The molecule has 6 N–H and O–H groups in total. The SMILES string of the molecule is N=C/C(=C\NCCc1ccc2c(n1)NCCC2)CNC[C@H](NC(=O)OCc1ccccc1)C(=O)O. The van der Waals surface area contributed by atoms with Gasteiger partial charge < -0.3 is 36.5 Å². The van der Waals surface area contributed by atoms with Crippen molar-refractivity contribution in [3.63, 3.8) is 0 Å². The number of aryl methyl sites for hydroxylation is 1. The first kappa shape index (κ1) is 25.7. The summed E-state index contributed by atoms with van der Waals surface area (Å²) in [6.45, 7) is 1.90. The number of hydrogen-bond donors (Lipinski definition) is 6. The van der Waals surface area contributed by atoms with Gasteiger partial charge in [0.05, 0.1) is 0 Å². The third kappa shape index (κ3) is 8.74. The van der Waals surface area contributed by atoms with Gasteiger partial charge in [0, 0.05) is 50.7 Å². The van der Waals surface area contributed by atoms with Crippen LogP contribution in [0.3, 0.4) is 0 Å². The third-order valence-corrected chi connectivity index (χ3v) is 5.43. The smallest absolute Gasteiger partial charge is 0.408 e. The van der Waals surface area contributed by atoms with E-state index >= 15 is 0 Å². The second-order valence-electron chi connectivity index (χ2n) is 8.14. The maximum atomic E-state index is 12.0. The van der Waals surface area contributed by atoms with E-state index in [1.54, 1.807) is 6.20 Å². The number of carboxylic acid groups (broad SMARTS) is 1. The van der Waals surface area contributed by atoms with Crippen molar-refractivity contribution in [1.29, 1.82) is 5.41 Å². The average Bonchev–Trinajstić information content (AvgIpc) is 2.88. The highest BCUT2D eigenvalue weighted by atomic mass is 16.5. The first-order valence-corrected chi connectivity index (χ1v) is 11.6. The van der Waals surface area contributed by atoms with E-state index in [9.17, 15) is 14.7 Å². The topological polar surface area (TPSA) is 148 Å². The molecule has 35 heavy (non-hydrogen) atoms. The third-order valence-electron chi connectivity index (χ3n) is 5.43. The van der Waals surface area contributed by atoms with Crippen LogP contribution in [-0.4, -0.2) is 60.6 Å². The molecule has 0 saturated carbocycles. The van der Waals surface area contributed by atoms with Crippen LogP contribution in [0.5, 0.6) is 0 Å². The zero-order chi connectivity index (χ0) is 24.9. The number of ether oxygens (including phenoxy) is 1. The minimum atomic E-state index is -1.18. The van der Waals surface area contributed by atoms with Crippen molar-refractivity contribution in [3.8, 4) is 0 Å². The van der Waals surface area contributed by atoms with Crippen LogP contribution in [0, 0.1) is 5.41 Å². The summed E-state index contributed by atoms with van der Waals surface area (Å²) in [6.07, 6.45) is 5.02. The lowest BCUT2D eigenvalue weighted by molar-refractivity contribution is -0.139. The van der Waals surface area contributed by atoms with E-state index in [4.69, 9.17) is 10.1 Å². The molecule has 1 aromatic carbocycles. The molecule has 2 aromatic rings. The number of nitrogens with zero attached hydrogens (tertiary/aromatic N) is 1. The molecule has 1 amide bonds. The number of fused-ring (bicyclic) bond motifs is 1. The van der Waals surface area contributed by atoms with Crippen LogP contribution in [0.4, 0.5) is 10.6 Å². The van der Waals surface area contributed by atoms with Crippen LogP contribution >= 0.6 is 0 Å². The monoisotopic (exact) mass is 480 g/mol. The number of aromatic nitrogens is 1. The van der Waals surface area contributed by atoms with E-state index in [1.807, 2.05) is 36.4 Å². The Morgan fingerprint density at radius 2 is 2.06 bits per heavy atom. The largest absolute Gasteiger partial charge is 0.480 e. The van der Waals surface area contributed by atoms with E-state index in [0.717, 1.165) is 42.9 Å². The van der Waals surface area contributed by atoms with Crippen LogP contribution in [0.1, 0.15) is 23.2 Å². The van der Waals surface area contributed by atoms with Gasteiger partial charge in [0.25, 0.3) is 0 Å². The van der Waals surface area contributed by atoms with Gasteiger partial charge in [0.1, 0.15) is 18.5 Å². The maximum Gasteiger partial charge on any atom is 0.408 e. The van der Waals surface area contributed by atoms with Gasteiger partial charge in [0.15, 0.2) is 0 Å². The number of nitrogens with one attached hydrogen (secondary N) is 5. The summed E-state index contributed by atoms with van der Waals surface area (Å²) in [7, 11) is 0. The number of benzene rings is 1.